The summed E-state index contributed by atoms with van der Waals surface area (Å²) < 4.78 is 10.7. The number of hydrogen-bond donors (Lipinski definition) is 1. The Balaban J connectivity index is 1.99. The number of hydrogen-bond acceptors (Lipinski definition) is 8. The van der Waals surface area contributed by atoms with E-state index in [1.54, 1.807) is 25.1 Å². The Bertz CT molecular complexity index is 1090. The number of nitro benzene ring substituents is 1. The molecular formula is C19H15ClN2O6S2. The first-order valence-corrected chi connectivity index (χ1v) is 10.1. The smallest absolute Gasteiger partial charge is 0.315 e. The molecule has 0 atom stereocenters. The third-order valence-corrected chi connectivity index (χ3v) is 5.66. The van der Waals surface area contributed by atoms with Crippen LogP contribution < -0.4 is 14.4 Å². The number of halogens is 1. The van der Waals surface area contributed by atoms with Crippen LogP contribution in [0.15, 0.2) is 35.2 Å². The molecule has 0 radical (unpaired) electrons. The van der Waals surface area contributed by atoms with Crippen molar-refractivity contribution < 1.29 is 24.3 Å². The van der Waals surface area contributed by atoms with E-state index >= 15 is 0 Å². The highest BCUT2D eigenvalue weighted by atomic mass is 35.5. The quantitative estimate of drug-likeness (QED) is 0.281. The third-order valence-electron chi connectivity index (χ3n) is 4.06. The number of carbonyl (C=O) groups excluding carboxylic acids is 1. The van der Waals surface area contributed by atoms with Gasteiger partial charge in [0.1, 0.15) is 5.75 Å². The fraction of sp³-hybridized carbons (Fsp3) is 0.158. The summed E-state index contributed by atoms with van der Waals surface area (Å²) >= 11 is 12.5. The zero-order valence-electron chi connectivity index (χ0n) is 15.7. The van der Waals surface area contributed by atoms with Crippen molar-refractivity contribution in [3.05, 3.63) is 55.9 Å². The van der Waals surface area contributed by atoms with Gasteiger partial charge in [-0.15, -0.1) is 0 Å². The second-order valence-electron chi connectivity index (χ2n) is 5.91. The van der Waals surface area contributed by atoms with E-state index in [4.69, 9.17) is 33.3 Å². The van der Waals surface area contributed by atoms with Crippen molar-refractivity contribution in [1.29, 1.82) is 0 Å². The highest BCUT2D eigenvalue weighted by Crippen LogP contribution is 2.41. The monoisotopic (exact) mass is 466 g/mol. The Labute approximate surface area is 186 Å². The van der Waals surface area contributed by atoms with Gasteiger partial charge in [0.05, 0.1) is 34.3 Å². The minimum Gasteiger partial charge on any atom is -0.500 e. The number of thiocarbonyl (C=S) groups is 1. The van der Waals surface area contributed by atoms with Crippen molar-refractivity contribution in [2.45, 2.75) is 6.92 Å². The number of thioether (sulfide) groups is 1. The first-order chi connectivity index (χ1) is 14.3. The molecule has 0 aliphatic carbocycles. The maximum atomic E-state index is 12.9. The molecule has 0 saturated carbocycles. The van der Waals surface area contributed by atoms with Gasteiger partial charge in [0.15, 0.2) is 10.1 Å². The molecule has 1 aliphatic heterocycles. The van der Waals surface area contributed by atoms with Crippen molar-refractivity contribution in [2.75, 3.05) is 18.6 Å². The lowest BCUT2D eigenvalue weighted by Gasteiger charge is -2.15. The lowest BCUT2D eigenvalue weighted by atomic mass is 10.1. The average Bonchev–Trinajstić information content (AvgIpc) is 2.97. The van der Waals surface area contributed by atoms with Crippen LogP contribution in [0.4, 0.5) is 11.4 Å². The summed E-state index contributed by atoms with van der Waals surface area (Å²) in [6.07, 6.45) is 1.46. The second-order valence-corrected chi connectivity index (χ2v) is 8.00. The molecule has 1 aliphatic rings. The highest BCUT2D eigenvalue weighted by molar-refractivity contribution is 8.27. The number of anilines is 1. The van der Waals surface area contributed by atoms with Crippen molar-refractivity contribution in [1.82, 2.24) is 0 Å². The number of amides is 1. The van der Waals surface area contributed by atoms with Crippen molar-refractivity contribution in [3.63, 3.8) is 0 Å². The standard InChI is InChI=1S/C19H15ClN2O6S2/c1-3-28-15-7-10(6-13(17(15)23)22(25)26)8-16-18(24)21(19(29)30-16)11-4-5-14(27-2)12(20)9-11/h4-9,23H,3H2,1-2H3/b16-8-. The number of nitro groups is 1. The first kappa shape index (κ1) is 21.9. The van der Waals surface area contributed by atoms with Crippen LogP contribution in [0, 0.1) is 10.1 Å². The van der Waals surface area contributed by atoms with Crippen LogP contribution in [0.2, 0.25) is 5.02 Å². The van der Waals surface area contributed by atoms with E-state index in [2.05, 4.69) is 0 Å². The lowest BCUT2D eigenvalue weighted by molar-refractivity contribution is -0.386. The predicted octanol–water partition coefficient (Wildman–Crippen LogP) is 4.77. The number of rotatable bonds is 6. The Morgan fingerprint density at radius 1 is 1.33 bits per heavy atom. The van der Waals surface area contributed by atoms with Gasteiger partial charge in [-0.25, -0.2) is 0 Å². The Kier molecular flexibility index (Phi) is 6.49. The molecule has 0 unspecified atom stereocenters. The largest absolute Gasteiger partial charge is 0.500 e. The fourth-order valence-corrected chi connectivity index (χ4v) is 4.29. The number of benzene rings is 2. The van der Waals surface area contributed by atoms with Gasteiger partial charge in [0.2, 0.25) is 5.75 Å². The van der Waals surface area contributed by atoms with Crippen LogP contribution in [0.3, 0.4) is 0 Å². The van der Waals surface area contributed by atoms with Gasteiger partial charge in [-0.1, -0.05) is 35.6 Å². The van der Waals surface area contributed by atoms with Crippen LogP contribution in [-0.4, -0.2) is 34.0 Å². The van der Waals surface area contributed by atoms with E-state index in [0.29, 0.717) is 22.0 Å². The molecule has 2 aromatic carbocycles. The maximum Gasteiger partial charge on any atom is 0.315 e. The minimum atomic E-state index is -0.722. The second kappa shape index (κ2) is 8.90. The topological polar surface area (TPSA) is 102 Å². The number of ether oxygens (including phenoxy) is 2. The molecule has 3 rings (SSSR count). The molecule has 2 aromatic rings. The van der Waals surface area contributed by atoms with E-state index in [1.165, 1.54) is 24.2 Å². The molecule has 0 aromatic heterocycles. The zero-order chi connectivity index (χ0) is 22.0. The highest BCUT2D eigenvalue weighted by Gasteiger charge is 2.34. The summed E-state index contributed by atoms with van der Waals surface area (Å²) in [6.45, 7) is 1.89. The molecule has 1 amide bonds. The van der Waals surface area contributed by atoms with E-state index < -0.39 is 22.3 Å². The molecule has 0 bridgehead atoms. The zero-order valence-corrected chi connectivity index (χ0v) is 18.1. The number of carbonyl (C=O) groups is 1. The summed E-state index contributed by atoms with van der Waals surface area (Å²) in [6, 6.07) is 7.42. The maximum absolute atomic E-state index is 12.9. The average molecular weight is 467 g/mol. The Morgan fingerprint density at radius 2 is 2.07 bits per heavy atom. The van der Waals surface area contributed by atoms with E-state index in [-0.39, 0.29) is 21.6 Å². The SMILES string of the molecule is CCOc1cc(/C=C2\SC(=S)N(c3ccc(OC)c(Cl)c3)C2=O)cc([N+](=O)[O-])c1O. The summed E-state index contributed by atoms with van der Waals surface area (Å²) in [5.74, 6) is -0.559. The predicted molar refractivity (Wildman–Crippen MR) is 120 cm³/mol. The lowest BCUT2D eigenvalue weighted by Crippen LogP contribution is -2.27. The summed E-state index contributed by atoms with van der Waals surface area (Å²) in [4.78, 5) is 25.0. The normalized spacial score (nSPS) is 15.0. The Hall–Kier alpha value is -2.82. The van der Waals surface area contributed by atoms with Gasteiger partial charge < -0.3 is 14.6 Å². The number of phenolic OH excluding ortho intramolecular Hbond substituents is 1. The van der Waals surface area contributed by atoms with E-state index in [1.807, 2.05) is 0 Å². The molecule has 1 saturated heterocycles. The molecule has 1 fully saturated rings. The van der Waals surface area contributed by atoms with Gasteiger partial charge in [-0.05, 0) is 42.8 Å². The van der Waals surface area contributed by atoms with Gasteiger partial charge in [-0.3, -0.25) is 19.8 Å². The molecule has 0 spiro atoms. The van der Waals surface area contributed by atoms with Gasteiger partial charge >= 0.3 is 5.69 Å². The molecule has 8 nitrogen and oxygen atoms in total. The molecular weight excluding hydrogens is 452 g/mol. The van der Waals surface area contributed by atoms with Crippen molar-refractivity contribution in [2.24, 2.45) is 0 Å². The first-order valence-electron chi connectivity index (χ1n) is 8.52. The molecule has 11 heteroatoms. The number of methoxy groups -OCH3 is 1. The van der Waals surface area contributed by atoms with Crippen molar-refractivity contribution in [3.8, 4) is 17.2 Å². The summed E-state index contributed by atoms with van der Waals surface area (Å²) in [5, 5.41) is 21.6. The number of aromatic hydroxyl groups is 1. The molecule has 30 heavy (non-hydrogen) atoms. The van der Waals surface area contributed by atoms with Crippen LogP contribution in [-0.2, 0) is 4.79 Å². The van der Waals surface area contributed by atoms with Crippen molar-refractivity contribution >= 4 is 63.3 Å². The fourth-order valence-electron chi connectivity index (χ4n) is 2.74. The van der Waals surface area contributed by atoms with Crippen LogP contribution in [0.5, 0.6) is 17.2 Å². The van der Waals surface area contributed by atoms with Crippen LogP contribution in [0.25, 0.3) is 6.08 Å². The summed E-state index contributed by atoms with van der Waals surface area (Å²) in [5.41, 5.74) is 0.263. The third kappa shape index (κ3) is 4.20. The summed E-state index contributed by atoms with van der Waals surface area (Å²) in [7, 11) is 1.48. The molecule has 1 N–H and O–H groups in total. The van der Waals surface area contributed by atoms with Gasteiger partial charge in [0, 0.05) is 6.07 Å². The minimum absolute atomic E-state index is 0.0460. The van der Waals surface area contributed by atoms with Gasteiger partial charge in [0.25, 0.3) is 5.91 Å². The molecule has 156 valence electrons. The van der Waals surface area contributed by atoms with E-state index in [9.17, 15) is 20.0 Å². The van der Waals surface area contributed by atoms with Gasteiger partial charge in [-0.2, -0.15) is 0 Å². The van der Waals surface area contributed by atoms with Crippen LogP contribution in [0.1, 0.15) is 12.5 Å². The Morgan fingerprint density at radius 3 is 2.67 bits per heavy atom. The van der Waals surface area contributed by atoms with Crippen LogP contribution >= 0.6 is 35.6 Å². The number of phenols is 1. The molecule has 1 heterocycles. The number of nitrogens with zero attached hydrogens (tertiary/aromatic N) is 2. The van der Waals surface area contributed by atoms with E-state index in [0.717, 1.165) is 17.8 Å².